The van der Waals surface area contributed by atoms with Crippen molar-refractivity contribution >= 4 is 0 Å². The highest BCUT2D eigenvalue weighted by molar-refractivity contribution is 5.65. The number of alkyl halides is 2. The average molecular weight is 548 g/mol. The van der Waals surface area contributed by atoms with Gasteiger partial charge in [0.05, 0.1) is 6.61 Å². The molecule has 39 heavy (non-hydrogen) atoms. The molecule has 2 nitrogen and oxygen atoms in total. The summed E-state index contributed by atoms with van der Waals surface area (Å²) in [5.41, 5.74) is -2.36. The van der Waals surface area contributed by atoms with E-state index in [-0.39, 0.29) is 5.56 Å². The zero-order valence-corrected chi connectivity index (χ0v) is 19.9. The van der Waals surface area contributed by atoms with Crippen molar-refractivity contribution in [3.8, 4) is 34.5 Å². The maximum Gasteiger partial charge on any atom is 0.432 e. The van der Waals surface area contributed by atoms with Gasteiger partial charge in [0.25, 0.3) is 0 Å². The summed E-state index contributed by atoms with van der Waals surface area (Å²) in [6.45, 7) is 2.27. The molecule has 0 saturated heterocycles. The van der Waals surface area contributed by atoms with Crippen LogP contribution in [-0.2, 0) is 6.11 Å². The van der Waals surface area contributed by atoms with Gasteiger partial charge in [-0.05, 0) is 73.2 Å². The van der Waals surface area contributed by atoms with Crippen molar-refractivity contribution < 1.29 is 44.6 Å². The van der Waals surface area contributed by atoms with Gasteiger partial charge in [-0.1, -0.05) is 11.8 Å². The van der Waals surface area contributed by atoms with Crippen LogP contribution in [0.25, 0.3) is 11.1 Å². The predicted molar refractivity (Wildman–Crippen MR) is 126 cm³/mol. The number of halogens is 8. The van der Waals surface area contributed by atoms with Crippen LogP contribution in [0.5, 0.6) is 11.5 Å². The Kier molecular flexibility index (Phi) is 7.81. The Bertz CT molecular complexity index is 1540. The number of benzene rings is 4. The summed E-state index contributed by atoms with van der Waals surface area (Å²) < 4.78 is 123. The smallest absolute Gasteiger partial charge is 0.432 e. The predicted octanol–water partition coefficient (Wildman–Crippen LogP) is 8.12. The van der Waals surface area contributed by atoms with Crippen LogP contribution in [-0.4, -0.2) is 6.61 Å². The first-order valence-corrected chi connectivity index (χ1v) is 11.2. The van der Waals surface area contributed by atoms with Crippen molar-refractivity contribution in [1.82, 2.24) is 0 Å². The second-order valence-corrected chi connectivity index (χ2v) is 8.04. The van der Waals surface area contributed by atoms with E-state index in [1.165, 1.54) is 0 Å². The van der Waals surface area contributed by atoms with E-state index < -0.39 is 63.5 Å². The molecule has 0 amide bonds. The molecule has 0 saturated carbocycles. The van der Waals surface area contributed by atoms with Crippen LogP contribution in [0.15, 0.2) is 66.7 Å². The Morgan fingerprint density at radius 3 is 1.77 bits per heavy atom. The van der Waals surface area contributed by atoms with Gasteiger partial charge in [-0.3, -0.25) is 0 Å². The van der Waals surface area contributed by atoms with Gasteiger partial charge in [0, 0.05) is 22.8 Å². The summed E-state index contributed by atoms with van der Waals surface area (Å²) in [6.07, 6.45) is -4.59. The molecule has 0 atom stereocenters. The third-order valence-electron chi connectivity index (χ3n) is 5.33. The van der Waals surface area contributed by atoms with Crippen LogP contribution < -0.4 is 9.47 Å². The van der Waals surface area contributed by atoms with Crippen molar-refractivity contribution in [2.24, 2.45) is 0 Å². The van der Waals surface area contributed by atoms with Crippen molar-refractivity contribution in [2.75, 3.05) is 6.61 Å². The quantitative estimate of drug-likeness (QED) is 0.138. The second-order valence-electron chi connectivity index (χ2n) is 8.04. The average Bonchev–Trinajstić information content (AvgIpc) is 2.86. The van der Waals surface area contributed by atoms with Crippen LogP contribution in [0.4, 0.5) is 35.1 Å². The molecule has 0 bridgehead atoms. The zero-order valence-electron chi connectivity index (χ0n) is 19.9. The zero-order chi connectivity index (χ0) is 28.3. The summed E-state index contributed by atoms with van der Waals surface area (Å²) in [6, 6.07) is 10.8. The number of hydrogen-bond acceptors (Lipinski definition) is 2. The summed E-state index contributed by atoms with van der Waals surface area (Å²) in [5.74, 6) is -4.65. The van der Waals surface area contributed by atoms with E-state index in [9.17, 15) is 35.1 Å². The van der Waals surface area contributed by atoms with Crippen LogP contribution in [0, 0.1) is 46.7 Å². The van der Waals surface area contributed by atoms with Crippen LogP contribution in [0.3, 0.4) is 0 Å². The minimum Gasteiger partial charge on any atom is -0.494 e. The minimum absolute atomic E-state index is 0.229. The Balaban J connectivity index is 1.56. The van der Waals surface area contributed by atoms with E-state index in [4.69, 9.17) is 4.74 Å². The van der Waals surface area contributed by atoms with Gasteiger partial charge in [0.1, 0.15) is 34.5 Å². The maximum atomic E-state index is 14.7. The van der Waals surface area contributed by atoms with Gasteiger partial charge < -0.3 is 9.47 Å². The lowest BCUT2D eigenvalue weighted by Gasteiger charge is -2.20. The Morgan fingerprint density at radius 1 is 0.641 bits per heavy atom. The Morgan fingerprint density at radius 2 is 1.21 bits per heavy atom. The lowest BCUT2D eigenvalue weighted by molar-refractivity contribution is -0.189. The third-order valence-corrected chi connectivity index (χ3v) is 5.33. The molecule has 0 spiro atoms. The molecule has 0 aliphatic heterocycles. The van der Waals surface area contributed by atoms with Gasteiger partial charge in [-0.15, -0.1) is 0 Å². The molecule has 0 aliphatic rings. The van der Waals surface area contributed by atoms with E-state index in [0.717, 1.165) is 12.1 Å². The lowest BCUT2D eigenvalue weighted by Crippen LogP contribution is -2.25. The summed E-state index contributed by atoms with van der Waals surface area (Å²) in [7, 11) is 0. The van der Waals surface area contributed by atoms with E-state index in [0.29, 0.717) is 48.3 Å². The van der Waals surface area contributed by atoms with Crippen molar-refractivity contribution in [3.05, 3.63) is 118 Å². The van der Waals surface area contributed by atoms with Crippen LogP contribution in [0.1, 0.15) is 23.6 Å². The fraction of sp³-hybridized carbons (Fsp3) is 0.103. The van der Waals surface area contributed by atoms with E-state index in [1.807, 2.05) is 6.92 Å². The van der Waals surface area contributed by atoms with Crippen molar-refractivity contribution in [2.45, 2.75) is 13.0 Å². The molecule has 0 N–H and O–H groups in total. The van der Waals surface area contributed by atoms with E-state index in [1.54, 1.807) is 24.3 Å². The molecule has 0 aliphatic carbocycles. The van der Waals surface area contributed by atoms with Gasteiger partial charge in [-0.2, -0.15) is 8.78 Å². The Hall–Kier alpha value is -4.52. The monoisotopic (exact) mass is 548 g/mol. The van der Waals surface area contributed by atoms with Crippen LogP contribution in [0.2, 0.25) is 0 Å². The normalized spacial score (nSPS) is 11.1. The summed E-state index contributed by atoms with van der Waals surface area (Å²) in [5, 5.41) is 0. The molecular weight excluding hydrogens is 532 g/mol. The van der Waals surface area contributed by atoms with Gasteiger partial charge >= 0.3 is 6.11 Å². The molecule has 4 rings (SSSR count). The summed E-state index contributed by atoms with van der Waals surface area (Å²) >= 11 is 0. The first-order valence-electron chi connectivity index (χ1n) is 11.2. The SMILES string of the molecule is CCOc1ccc(C#Cc2cc(F)c(C(F)(F)Oc3ccc(-c4cc(F)c(F)c(F)c4)c(F)c3)c(F)c2)cc1. The third kappa shape index (κ3) is 6.14. The molecule has 10 heteroatoms. The largest absolute Gasteiger partial charge is 0.494 e. The molecule has 4 aromatic carbocycles. The topological polar surface area (TPSA) is 18.5 Å². The number of ether oxygens (including phenoxy) is 2. The first-order chi connectivity index (χ1) is 18.5. The van der Waals surface area contributed by atoms with E-state index >= 15 is 0 Å². The minimum atomic E-state index is -4.59. The van der Waals surface area contributed by atoms with Crippen molar-refractivity contribution in [3.63, 3.8) is 0 Å². The molecule has 4 aromatic rings. The highest BCUT2D eigenvalue weighted by Gasteiger charge is 2.41. The summed E-state index contributed by atoms with van der Waals surface area (Å²) in [4.78, 5) is 0. The molecule has 0 unspecified atom stereocenters. The maximum absolute atomic E-state index is 14.7. The second kappa shape index (κ2) is 11.1. The molecule has 0 fully saturated rings. The van der Waals surface area contributed by atoms with Gasteiger partial charge in [0.2, 0.25) is 0 Å². The highest BCUT2D eigenvalue weighted by atomic mass is 19.3. The van der Waals surface area contributed by atoms with E-state index in [2.05, 4.69) is 16.6 Å². The molecule has 0 aromatic heterocycles. The van der Waals surface area contributed by atoms with Gasteiger partial charge in [0.15, 0.2) is 17.5 Å². The lowest BCUT2D eigenvalue weighted by atomic mass is 10.0. The molecule has 200 valence electrons. The highest BCUT2D eigenvalue weighted by Crippen LogP contribution is 2.37. The fourth-order valence-corrected chi connectivity index (χ4v) is 3.57. The first kappa shape index (κ1) is 27.5. The number of hydrogen-bond donors (Lipinski definition) is 0. The molecule has 0 radical (unpaired) electrons. The number of rotatable bonds is 6. The molecule has 0 heterocycles. The van der Waals surface area contributed by atoms with Crippen LogP contribution >= 0.6 is 0 Å². The van der Waals surface area contributed by atoms with Crippen molar-refractivity contribution in [1.29, 1.82) is 0 Å². The fourth-order valence-electron chi connectivity index (χ4n) is 3.57. The Labute approximate surface area is 217 Å². The molecular formula is C29H16F8O2. The van der Waals surface area contributed by atoms with Gasteiger partial charge in [-0.25, -0.2) is 26.3 Å². The standard InChI is InChI=1S/C29H16F8O2/c1-2-38-19-7-5-16(6-8-19)3-4-17-11-23(31)27(24(32)12-17)29(36,37)39-20-9-10-21(22(30)15-20)18-13-25(33)28(35)26(34)14-18/h5-15H,2H2,1H3.